The summed E-state index contributed by atoms with van der Waals surface area (Å²) in [6.45, 7) is 7.65. The molecule has 0 amide bonds. The lowest BCUT2D eigenvalue weighted by Gasteiger charge is -2.33. The van der Waals surface area contributed by atoms with Gasteiger partial charge in [-0.3, -0.25) is 0 Å². The van der Waals surface area contributed by atoms with E-state index in [0.29, 0.717) is 0 Å². The van der Waals surface area contributed by atoms with Crippen LogP contribution in [0.1, 0.15) is 22.7 Å². The summed E-state index contributed by atoms with van der Waals surface area (Å²) in [6, 6.07) is 0. The van der Waals surface area contributed by atoms with E-state index in [-0.39, 0.29) is 6.61 Å². The van der Waals surface area contributed by atoms with E-state index < -0.39 is 0 Å². The van der Waals surface area contributed by atoms with Crippen molar-refractivity contribution in [1.82, 2.24) is 14.8 Å². The third-order valence-corrected chi connectivity index (χ3v) is 4.69. The molecule has 0 atom stereocenters. The maximum absolute atomic E-state index is 8.94. The molecule has 0 aliphatic carbocycles. The Morgan fingerprint density at radius 3 is 2.79 bits per heavy atom. The van der Waals surface area contributed by atoms with E-state index in [1.54, 1.807) is 11.3 Å². The van der Waals surface area contributed by atoms with Crippen molar-refractivity contribution in [3.05, 3.63) is 16.1 Å². The molecule has 0 bridgehead atoms. The van der Waals surface area contributed by atoms with E-state index in [1.165, 1.54) is 24.3 Å². The van der Waals surface area contributed by atoms with Crippen LogP contribution in [0.15, 0.2) is 6.20 Å². The van der Waals surface area contributed by atoms with Gasteiger partial charge in [0.1, 0.15) is 0 Å². The van der Waals surface area contributed by atoms with Crippen molar-refractivity contribution in [2.45, 2.75) is 26.3 Å². The highest BCUT2D eigenvalue weighted by molar-refractivity contribution is 7.11. The van der Waals surface area contributed by atoms with Crippen LogP contribution < -0.4 is 0 Å². The van der Waals surface area contributed by atoms with Gasteiger partial charge in [-0.2, -0.15) is 0 Å². The summed E-state index contributed by atoms with van der Waals surface area (Å²) in [7, 11) is 2.20. The van der Waals surface area contributed by atoms with Crippen LogP contribution in [0.4, 0.5) is 0 Å². The number of hydrogen-bond donors (Lipinski definition) is 1. The number of β-amino-alcohol motifs (C(OH)–C–C–N with tert-alkyl or cyclic N) is 1. The predicted octanol–water partition coefficient (Wildman–Crippen LogP) is 1.59. The third-order valence-electron chi connectivity index (χ3n) is 3.79. The molecule has 1 N–H and O–H groups in total. The fraction of sp³-hybridized carbons (Fsp3) is 0.786. The lowest BCUT2D eigenvalue weighted by Crippen LogP contribution is -2.38. The maximum Gasteiger partial charge on any atom is 0.0897 e. The van der Waals surface area contributed by atoms with Gasteiger partial charge in [-0.15, -0.1) is 11.3 Å². The highest BCUT2D eigenvalue weighted by atomic mass is 32.1. The van der Waals surface area contributed by atoms with Crippen molar-refractivity contribution in [2.24, 2.45) is 5.92 Å². The normalized spacial score (nSPS) is 18.3. The molecular formula is C14H25N3OS. The zero-order valence-corrected chi connectivity index (χ0v) is 12.8. The van der Waals surface area contributed by atoms with Crippen LogP contribution in [0.25, 0.3) is 0 Å². The number of likely N-dealkylation sites (tertiary alicyclic amines) is 1. The summed E-state index contributed by atoms with van der Waals surface area (Å²) < 4.78 is 0. The maximum atomic E-state index is 8.94. The SMILES string of the molecule is Cc1ncc(CN(C)CC2CCN(CCO)CC2)s1. The summed E-state index contributed by atoms with van der Waals surface area (Å²) >= 11 is 1.80. The molecule has 5 heteroatoms. The van der Waals surface area contributed by atoms with Gasteiger partial charge in [-0.05, 0) is 45.8 Å². The molecule has 19 heavy (non-hydrogen) atoms. The predicted molar refractivity (Wildman–Crippen MR) is 79.4 cm³/mol. The van der Waals surface area contributed by atoms with Crippen molar-refractivity contribution in [1.29, 1.82) is 0 Å². The standard InChI is InChI=1S/C14H25N3OS/c1-12-15-9-14(19-12)11-16(2)10-13-3-5-17(6-4-13)7-8-18/h9,13,18H,3-8,10-11H2,1-2H3. The van der Waals surface area contributed by atoms with Crippen molar-refractivity contribution >= 4 is 11.3 Å². The molecule has 1 aromatic rings. The van der Waals surface area contributed by atoms with E-state index in [2.05, 4.69) is 28.8 Å². The van der Waals surface area contributed by atoms with Gasteiger partial charge in [0.2, 0.25) is 0 Å². The molecule has 108 valence electrons. The molecule has 0 spiro atoms. The molecule has 2 rings (SSSR count). The van der Waals surface area contributed by atoms with Gasteiger partial charge in [-0.1, -0.05) is 0 Å². The summed E-state index contributed by atoms with van der Waals surface area (Å²) in [5.41, 5.74) is 0. The molecule has 1 aliphatic heterocycles. The Kier molecular flexibility index (Phi) is 5.76. The van der Waals surface area contributed by atoms with E-state index in [1.807, 2.05) is 6.20 Å². The van der Waals surface area contributed by atoms with E-state index in [0.717, 1.165) is 37.1 Å². The molecule has 1 fully saturated rings. The Bertz CT molecular complexity index is 375. The van der Waals surface area contributed by atoms with Gasteiger partial charge >= 0.3 is 0 Å². The summed E-state index contributed by atoms with van der Waals surface area (Å²) in [5, 5.41) is 10.1. The average Bonchev–Trinajstić information content (AvgIpc) is 2.77. The number of aryl methyl sites for hydroxylation is 1. The zero-order chi connectivity index (χ0) is 13.7. The van der Waals surface area contributed by atoms with Gasteiger partial charge < -0.3 is 14.9 Å². The first-order valence-electron chi connectivity index (χ1n) is 7.10. The van der Waals surface area contributed by atoms with E-state index in [9.17, 15) is 0 Å². The molecule has 1 aliphatic rings. The summed E-state index contributed by atoms with van der Waals surface area (Å²) in [6.07, 6.45) is 4.51. The Hall–Kier alpha value is -0.490. The number of nitrogens with zero attached hydrogens (tertiary/aromatic N) is 3. The van der Waals surface area contributed by atoms with Gasteiger partial charge in [0.15, 0.2) is 0 Å². The second-order valence-corrected chi connectivity index (χ2v) is 6.87. The fourth-order valence-electron chi connectivity index (χ4n) is 2.78. The van der Waals surface area contributed by atoms with Gasteiger partial charge in [0, 0.05) is 30.7 Å². The molecule has 2 heterocycles. The van der Waals surface area contributed by atoms with Crippen LogP contribution in [0.2, 0.25) is 0 Å². The third kappa shape index (κ3) is 4.84. The van der Waals surface area contributed by atoms with Crippen LogP contribution in [-0.4, -0.2) is 59.7 Å². The van der Waals surface area contributed by atoms with Crippen LogP contribution in [0.3, 0.4) is 0 Å². The fourth-order valence-corrected chi connectivity index (χ4v) is 3.66. The largest absolute Gasteiger partial charge is 0.395 e. The van der Waals surface area contributed by atoms with Crippen molar-refractivity contribution in [3.63, 3.8) is 0 Å². The second kappa shape index (κ2) is 7.33. The first-order valence-corrected chi connectivity index (χ1v) is 7.92. The molecule has 0 unspecified atom stereocenters. The van der Waals surface area contributed by atoms with Crippen LogP contribution in [0, 0.1) is 12.8 Å². The molecule has 0 radical (unpaired) electrons. The molecule has 0 aromatic carbocycles. The number of aliphatic hydroxyl groups excluding tert-OH is 1. The lowest BCUT2D eigenvalue weighted by atomic mass is 9.96. The van der Waals surface area contributed by atoms with Crippen molar-refractivity contribution < 1.29 is 5.11 Å². The van der Waals surface area contributed by atoms with Crippen LogP contribution in [-0.2, 0) is 6.54 Å². The van der Waals surface area contributed by atoms with Gasteiger partial charge in [-0.25, -0.2) is 4.98 Å². The Morgan fingerprint density at radius 2 is 2.21 bits per heavy atom. The number of aromatic nitrogens is 1. The molecule has 0 saturated carbocycles. The minimum absolute atomic E-state index is 0.287. The second-order valence-electron chi connectivity index (χ2n) is 5.55. The number of piperidine rings is 1. The van der Waals surface area contributed by atoms with Gasteiger partial charge in [0.05, 0.1) is 11.6 Å². The summed E-state index contributed by atoms with van der Waals surface area (Å²) in [4.78, 5) is 10.4. The quantitative estimate of drug-likeness (QED) is 0.860. The number of aliphatic hydroxyl groups is 1. The zero-order valence-electron chi connectivity index (χ0n) is 12.0. The van der Waals surface area contributed by atoms with Crippen LogP contribution >= 0.6 is 11.3 Å². The Labute approximate surface area is 120 Å². The first-order chi connectivity index (χ1) is 9.17. The lowest BCUT2D eigenvalue weighted by molar-refractivity contribution is 0.129. The van der Waals surface area contributed by atoms with E-state index >= 15 is 0 Å². The number of thiazole rings is 1. The highest BCUT2D eigenvalue weighted by Crippen LogP contribution is 2.19. The van der Waals surface area contributed by atoms with Crippen LogP contribution in [0.5, 0.6) is 0 Å². The molecular weight excluding hydrogens is 258 g/mol. The smallest absolute Gasteiger partial charge is 0.0897 e. The average molecular weight is 283 g/mol. The Balaban J connectivity index is 1.70. The monoisotopic (exact) mass is 283 g/mol. The molecule has 1 aromatic heterocycles. The van der Waals surface area contributed by atoms with Crippen molar-refractivity contribution in [2.75, 3.05) is 39.8 Å². The minimum atomic E-state index is 0.287. The highest BCUT2D eigenvalue weighted by Gasteiger charge is 2.20. The first kappa shape index (κ1) is 14.9. The summed E-state index contributed by atoms with van der Waals surface area (Å²) in [5.74, 6) is 0.800. The Morgan fingerprint density at radius 1 is 1.47 bits per heavy atom. The van der Waals surface area contributed by atoms with Crippen molar-refractivity contribution in [3.8, 4) is 0 Å². The van der Waals surface area contributed by atoms with E-state index in [4.69, 9.17) is 5.11 Å². The van der Waals surface area contributed by atoms with Gasteiger partial charge in [0.25, 0.3) is 0 Å². The minimum Gasteiger partial charge on any atom is -0.395 e. The number of hydrogen-bond acceptors (Lipinski definition) is 5. The topological polar surface area (TPSA) is 39.6 Å². The molecule has 1 saturated heterocycles. The molecule has 4 nitrogen and oxygen atoms in total. The number of rotatable bonds is 6.